The van der Waals surface area contributed by atoms with Crippen LogP contribution in [-0.4, -0.2) is 29.3 Å². The minimum atomic E-state index is -0.739. The summed E-state index contributed by atoms with van der Waals surface area (Å²) in [6.45, 7) is 8.52. The molecule has 1 atom stereocenters. The number of hydrogen-bond acceptors (Lipinski definition) is 6. The van der Waals surface area contributed by atoms with Gasteiger partial charge in [-0.3, -0.25) is 0 Å². The highest BCUT2D eigenvalue weighted by Gasteiger charge is 2.16. The molecule has 2 aromatic rings. The maximum absolute atomic E-state index is 11.6. The van der Waals surface area contributed by atoms with E-state index >= 15 is 0 Å². The zero-order valence-electron chi connectivity index (χ0n) is 16.6. The van der Waals surface area contributed by atoms with Crippen LogP contribution in [0.3, 0.4) is 0 Å². The van der Waals surface area contributed by atoms with Crippen LogP contribution >= 0.6 is 0 Å². The molecule has 1 aromatic carbocycles. The number of rotatable bonds is 9. The van der Waals surface area contributed by atoms with Crippen LogP contribution in [0.5, 0.6) is 5.75 Å². The summed E-state index contributed by atoms with van der Waals surface area (Å²) in [5, 5.41) is 3.35. The van der Waals surface area contributed by atoms with Gasteiger partial charge in [0.1, 0.15) is 0 Å². The Hall–Kier alpha value is -2.63. The third-order valence-electron chi connectivity index (χ3n) is 4.34. The van der Waals surface area contributed by atoms with Gasteiger partial charge >= 0.3 is 6.16 Å². The molecule has 1 heterocycles. The van der Waals surface area contributed by atoms with Gasteiger partial charge in [0.25, 0.3) is 0 Å². The molecular weight excluding hydrogens is 342 g/mol. The second-order valence-electron chi connectivity index (χ2n) is 6.46. The normalized spacial score (nSPS) is 11.7. The van der Waals surface area contributed by atoms with Gasteiger partial charge in [0.05, 0.1) is 18.0 Å². The summed E-state index contributed by atoms with van der Waals surface area (Å²) in [7, 11) is 0. The maximum atomic E-state index is 11.6. The fraction of sp³-hybridized carbons (Fsp3) is 0.476. The van der Waals surface area contributed by atoms with E-state index in [-0.39, 0.29) is 6.61 Å². The van der Waals surface area contributed by atoms with E-state index in [0.29, 0.717) is 29.0 Å². The third kappa shape index (κ3) is 6.24. The van der Waals surface area contributed by atoms with Crippen molar-refractivity contribution in [2.24, 2.45) is 0 Å². The van der Waals surface area contributed by atoms with E-state index in [4.69, 9.17) is 9.47 Å². The van der Waals surface area contributed by atoms with E-state index < -0.39 is 6.16 Å². The van der Waals surface area contributed by atoms with Gasteiger partial charge in [-0.05, 0) is 32.8 Å². The van der Waals surface area contributed by atoms with Gasteiger partial charge in [-0.15, -0.1) is 0 Å². The first-order chi connectivity index (χ1) is 13.0. The summed E-state index contributed by atoms with van der Waals surface area (Å²) in [5.41, 5.74) is 2.51. The van der Waals surface area contributed by atoms with Crippen molar-refractivity contribution in [2.75, 3.05) is 18.5 Å². The van der Waals surface area contributed by atoms with Crippen LogP contribution in [0.2, 0.25) is 0 Å². The summed E-state index contributed by atoms with van der Waals surface area (Å²) in [5.74, 6) is 1.29. The number of hydrogen-bond donors (Lipinski definition) is 1. The molecule has 0 spiro atoms. The number of aromatic nitrogens is 2. The van der Waals surface area contributed by atoms with Crippen molar-refractivity contribution in [1.29, 1.82) is 0 Å². The van der Waals surface area contributed by atoms with Gasteiger partial charge in [0.2, 0.25) is 5.95 Å². The summed E-state index contributed by atoms with van der Waals surface area (Å²) >= 11 is 0. The van der Waals surface area contributed by atoms with Crippen LogP contribution in [-0.2, 0) is 4.74 Å². The average molecular weight is 371 g/mol. The molecule has 1 N–H and O–H groups in total. The number of aryl methyl sites for hydroxylation is 2. The molecular formula is C21H29N3O3. The predicted molar refractivity (Wildman–Crippen MR) is 106 cm³/mol. The van der Waals surface area contributed by atoms with Crippen LogP contribution < -0.4 is 10.1 Å². The molecule has 146 valence electrons. The Kier molecular flexibility index (Phi) is 8.04. The van der Waals surface area contributed by atoms with E-state index in [2.05, 4.69) is 46.5 Å². The van der Waals surface area contributed by atoms with Crippen molar-refractivity contribution >= 4 is 12.1 Å². The van der Waals surface area contributed by atoms with E-state index in [1.165, 1.54) is 12.0 Å². The molecule has 0 amide bonds. The zero-order valence-corrected chi connectivity index (χ0v) is 16.6. The number of anilines is 1. The van der Waals surface area contributed by atoms with Crippen LogP contribution in [0.1, 0.15) is 56.0 Å². The van der Waals surface area contributed by atoms with Crippen molar-refractivity contribution in [1.82, 2.24) is 9.97 Å². The minimum absolute atomic E-state index is 0.260. The first-order valence-corrected chi connectivity index (χ1v) is 9.53. The number of benzene rings is 1. The van der Waals surface area contributed by atoms with Crippen molar-refractivity contribution in [2.45, 2.75) is 52.9 Å². The lowest BCUT2D eigenvalue weighted by Gasteiger charge is -2.18. The SMILES string of the molecule is CCCCC(CNc1nc(C)c(OC(=O)OCC)c(C)n1)c1ccccc1. The molecule has 0 aliphatic heterocycles. The fourth-order valence-electron chi connectivity index (χ4n) is 2.94. The molecule has 0 radical (unpaired) electrons. The molecule has 2 rings (SSSR count). The Morgan fingerprint density at radius 1 is 1.11 bits per heavy atom. The lowest BCUT2D eigenvalue weighted by molar-refractivity contribution is 0.103. The highest BCUT2D eigenvalue weighted by molar-refractivity contribution is 5.64. The Labute approximate surface area is 161 Å². The highest BCUT2D eigenvalue weighted by atomic mass is 16.7. The first kappa shape index (κ1) is 20.7. The number of carbonyl (C=O) groups excluding carboxylic acids is 1. The number of nitrogens with zero attached hydrogens (tertiary/aromatic N) is 2. The molecule has 0 bridgehead atoms. The minimum Gasteiger partial charge on any atom is -0.434 e. The fourth-order valence-corrected chi connectivity index (χ4v) is 2.94. The number of unbranched alkanes of at least 4 members (excludes halogenated alkanes) is 1. The summed E-state index contributed by atoms with van der Waals surface area (Å²) in [6, 6.07) is 10.5. The molecule has 6 nitrogen and oxygen atoms in total. The van der Waals surface area contributed by atoms with Gasteiger partial charge in [0, 0.05) is 12.5 Å². The monoisotopic (exact) mass is 371 g/mol. The predicted octanol–water partition coefficient (Wildman–Crippen LogP) is 5.01. The lowest BCUT2D eigenvalue weighted by atomic mass is 9.93. The van der Waals surface area contributed by atoms with Crippen molar-refractivity contribution < 1.29 is 14.3 Å². The molecule has 27 heavy (non-hydrogen) atoms. The topological polar surface area (TPSA) is 73.3 Å². The number of carbonyl (C=O) groups is 1. The van der Waals surface area contributed by atoms with E-state index in [1.54, 1.807) is 20.8 Å². The average Bonchev–Trinajstić information content (AvgIpc) is 2.66. The van der Waals surface area contributed by atoms with Crippen LogP contribution in [0.15, 0.2) is 30.3 Å². The summed E-state index contributed by atoms with van der Waals surface area (Å²) < 4.78 is 10.0. The van der Waals surface area contributed by atoms with E-state index in [1.807, 2.05) is 6.07 Å². The Bertz CT molecular complexity index is 712. The highest BCUT2D eigenvalue weighted by Crippen LogP contribution is 2.24. The Balaban J connectivity index is 2.08. The molecule has 0 fully saturated rings. The molecule has 0 saturated heterocycles. The standard InChI is InChI=1S/C21H29N3O3/c1-5-7-11-18(17-12-9-8-10-13-17)14-22-20-23-15(3)19(16(4)24-20)27-21(25)26-6-2/h8-10,12-13,18H,5-7,11,14H2,1-4H3,(H,22,23,24). The van der Waals surface area contributed by atoms with Crippen LogP contribution in [0.4, 0.5) is 10.7 Å². The van der Waals surface area contributed by atoms with Crippen molar-refractivity contribution in [3.05, 3.63) is 47.3 Å². The van der Waals surface area contributed by atoms with Crippen molar-refractivity contribution in [3.63, 3.8) is 0 Å². The van der Waals surface area contributed by atoms with Gasteiger partial charge in [-0.2, -0.15) is 0 Å². The van der Waals surface area contributed by atoms with Gasteiger partial charge in [-0.1, -0.05) is 50.1 Å². The van der Waals surface area contributed by atoms with Gasteiger partial charge < -0.3 is 14.8 Å². The molecule has 0 saturated carbocycles. The zero-order chi connectivity index (χ0) is 19.6. The second-order valence-corrected chi connectivity index (χ2v) is 6.46. The quantitative estimate of drug-likeness (QED) is 0.624. The molecule has 1 aromatic heterocycles. The Morgan fingerprint density at radius 2 is 1.78 bits per heavy atom. The van der Waals surface area contributed by atoms with E-state index in [0.717, 1.165) is 19.4 Å². The lowest BCUT2D eigenvalue weighted by Crippen LogP contribution is -2.17. The molecule has 6 heteroatoms. The molecule has 0 aliphatic rings. The second kappa shape index (κ2) is 10.5. The van der Waals surface area contributed by atoms with Gasteiger partial charge in [0.15, 0.2) is 5.75 Å². The van der Waals surface area contributed by atoms with Crippen molar-refractivity contribution in [3.8, 4) is 5.75 Å². The smallest absolute Gasteiger partial charge is 0.434 e. The molecule has 0 aliphatic carbocycles. The molecule has 1 unspecified atom stereocenters. The van der Waals surface area contributed by atoms with E-state index in [9.17, 15) is 4.79 Å². The number of nitrogens with one attached hydrogen (secondary N) is 1. The first-order valence-electron chi connectivity index (χ1n) is 9.53. The third-order valence-corrected chi connectivity index (χ3v) is 4.34. The Morgan fingerprint density at radius 3 is 2.37 bits per heavy atom. The summed E-state index contributed by atoms with van der Waals surface area (Å²) in [6.07, 6.45) is 2.71. The van der Waals surface area contributed by atoms with Crippen LogP contribution in [0.25, 0.3) is 0 Å². The maximum Gasteiger partial charge on any atom is 0.513 e. The largest absolute Gasteiger partial charge is 0.513 e. The van der Waals surface area contributed by atoms with Crippen LogP contribution in [0, 0.1) is 13.8 Å². The summed E-state index contributed by atoms with van der Waals surface area (Å²) in [4.78, 5) is 20.4. The van der Waals surface area contributed by atoms with Gasteiger partial charge in [-0.25, -0.2) is 14.8 Å². The number of ether oxygens (including phenoxy) is 2.